The Labute approximate surface area is 189 Å². The number of nitrogens with one attached hydrogen (secondary N) is 3. The van der Waals surface area contributed by atoms with Crippen molar-refractivity contribution in [3.05, 3.63) is 36.4 Å². The summed E-state index contributed by atoms with van der Waals surface area (Å²) in [5.41, 5.74) is 3.66. The van der Waals surface area contributed by atoms with Crippen molar-refractivity contribution in [3.8, 4) is 17.1 Å². The van der Waals surface area contributed by atoms with Crippen molar-refractivity contribution in [1.82, 2.24) is 29.7 Å². The molecule has 10 heteroatoms. The van der Waals surface area contributed by atoms with Crippen molar-refractivity contribution in [3.63, 3.8) is 0 Å². The molecule has 2 fully saturated rings. The Kier molecular flexibility index (Phi) is 4.53. The zero-order chi connectivity index (χ0) is 22.5. The lowest BCUT2D eigenvalue weighted by atomic mass is 10.1. The average molecular weight is 444 g/mol. The molecule has 3 N–H and O–H groups in total. The van der Waals surface area contributed by atoms with E-state index >= 15 is 0 Å². The Balaban J connectivity index is 1.42. The Morgan fingerprint density at radius 3 is 2.73 bits per heavy atom. The van der Waals surface area contributed by atoms with Crippen LogP contribution in [0.25, 0.3) is 22.6 Å². The largest absolute Gasteiger partial charge is 0.494 e. The van der Waals surface area contributed by atoms with Crippen LogP contribution in [0.4, 0.5) is 17.2 Å². The minimum absolute atomic E-state index is 0.00607. The van der Waals surface area contributed by atoms with Crippen molar-refractivity contribution >= 4 is 34.3 Å². The smallest absolute Gasteiger partial charge is 0.228 e. The number of ether oxygens (including phenoxy) is 1. The number of rotatable bonds is 7. The molecule has 2 aliphatic carbocycles. The third-order valence-electron chi connectivity index (χ3n) is 5.97. The van der Waals surface area contributed by atoms with E-state index < -0.39 is 0 Å². The summed E-state index contributed by atoms with van der Waals surface area (Å²) in [6.45, 7) is 0. The van der Waals surface area contributed by atoms with Gasteiger partial charge in [-0.2, -0.15) is 5.10 Å². The van der Waals surface area contributed by atoms with Crippen molar-refractivity contribution in [2.24, 2.45) is 13.0 Å². The number of hydrogen-bond donors (Lipinski definition) is 3. The number of methoxy groups -OCH3 is 1. The number of carbonyl (C=O) groups is 1. The van der Waals surface area contributed by atoms with Crippen LogP contribution in [0, 0.1) is 5.92 Å². The number of aromatic amines is 1. The maximum atomic E-state index is 12.4. The molecule has 3 aromatic heterocycles. The number of nitrogens with zero attached hydrogens (tertiary/aromatic N) is 5. The first kappa shape index (κ1) is 19.7. The van der Waals surface area contributed by atoms with E-state index in [0.717, 1.165) is 54.0 Å². The van der Waals surface area contributed by atoms with Gasteiger partial charge < -0.3 is 20.4 Å². The molecule has 0 atom stereocenters. The number of fused-ring (bicyclic) bond motifs is 1. The highest BCUT2D eigenvalue weighted by Gasteiger charge is 2.31. The third-order valence-corrected chi connectivity index (χ3v) is 5.97. The molecule has 2 aliphatic rings. The van der Waals surface area contributed by atoms with Gasteiger partial charge in [0.25, 0.3) is 0 Å². The Hall–Kier alpha value is -3.95. The Morgan fingerprint density at radius 2 is 2.03 bits per heavy atom. The molecule has 3 heterocycles. The van der Waals surface area contributed by atoms with E-state index in [9.17, 15) is 4.79 Å². The fourth-order valence-electron chi connectivity index (χ4n) is 3.93. The van der Waals surface area contributed by atoms with Crippen LogP contribution in [0.5, 0.6) is 5.75 Å². The summed E-state index contributed by atoms with van der Waals surface area (Å²) in [5, 5.41) is 10.8. The lowest BCUT2D eigenvalue weighted by Gasteiger charge is -2.15. The number of aromatic nitrogens is 6. The van der Waals surface area contributed by atoms with Crippen LogP contribution in [0.15, 0.2) is 30.6 Å². The third kappa shape index (κ3) is 3.77. The number of carbonyl (C=O) groups excluding carboxylic acids is 1. The van der Waals surface area contributed by atoms with Crippen molar-refractivity contribution in [1.29, 1.82) is 0 Å². The second-order valence-electron chi connectivity index (χ2n) is 8.67. The molecule has 33 heavy (non-hydrogen) atoms. The minimum atomic E-state index is 0.00607. The molecule has 0 aliphatic heterocycles. The van der Waals surface area contributed by atoms with Crippen LogP contribution >= 0.6 is 0 Å². The summed E-state index contributed by atoms with van der Waals surface area (Å²) in [7, 11) is 3.45. The van der Waals surface area contributed by atoms with Crippen LogP contribution < -0.4 is 15.4 Å². The zero-order valence-electron chi connectivity index (χ0n) is 18.4. The minimum Gasteiger partial charge on any atom is -0.494 e. The number of hydrogen-bond acceptors (Lipinski definition) is 7. The van der Waals surface area contributed by atoms with Gasteiger partial charge in [-0.25, -0.2) is 15.0 Å². The van der Waals surface area contributed by atoms with Crippen molar-refractivity contribution < 1.29 is 9.53 Å². The van der Waals surface area contributed by atoms with E-state index in [0.29, 0.717) is 29.0 Å². The van der Waals surface area contributed by atoms with Gasteiger partial charge in [0, 0.05) is 24.9 Å². The lowest BCUT2D eigenvalue weighted by Crippen LogP contribution is -2.14. The van der Waals surface area contributed by atoms with E-state index in [1.165, 1.54) is 0 Å². The molecule has 10 nitrogen and oxygen atoms in total. The number of H-pyrrole nitrogens is 1. The Bertz CT molecular complexity index is 1370. The number of aryl methyl sites for hydroxylation is 1. The molecule has 4 aromatic rings. The predicted octanol–water partition coefficient (Wildman–Crippen LogP) is 3.73. The normalized spacial score (nSPS) is 15.6. The summed E-state index contributed by atoms with van der Waals surface area (Å²) in [6, 6.07) is 7.61. The Morgan fingerprint density at radius 1 is 1.18 bits per heavy atom. The number of para-hydroxylation sites is 1. The summed E-state index contributed by atoms with van der Waals surface area (Å²) in [5.74, 6) is 3.16. The van der Waals surface area contributed by atoms with Gasteiger partial charge in [-0.3, -0.25) is 9.48 Å². The highest BCUT2D eigenvalue weighted by molar-refractivity contribution is 5.97. The zero-order valence-corrected chi connectivity index (χ0v) is 18.4. The van der Waals surface area contributed by atoms with Crippen LogP contribution in [0.1, 0.15) is 37.4 Å². The summed E-state index contributed by atoms with van der Waals surface area (Å²) in [6.07, 6.45) is 5.76. The molecule has 6 rings (SSSR count). The number of amides is 1. The van der Waals surface area contributed by atoms with E-state index in [2.05, 4.69) is 30.7 Å². The van der Waals surface area contributed by atoms with Gasteiger partial charge in [-0.15, -0.1) is 0 Å². The van der Waals surface area contributed by atoms with Crippen LogP contribution in [-0.2, 0) is 11.8 Å². The average Bonchev–Trinajstić information content (AvgIpc) is 3.74. The van der Waals surface area contributed by atoms with Gasteiger partial charge in [0.15, 0.2) is 17.2 Å². The van der Waals surface area contributed by atoms with Gasteiger partial charge in [-0.1, -0.05) is 6.07 Å². The molecule has 2 saturated carbocycles. The molecule has 0 bridgehead atoms. The maximum Gasteiger partial charge on any atom is 0.228 e. The first-order chi connectivity index (χ1) is 16.1. The van der Waals surface area contributed by atoms with E-state index in [4.69, 9.17) is 9.72 Å². The monoisotopic (exact) mass is 444 g/mol. The van der Waals surface area contributed by atoms with E-state index in [1.54, 1.807) is 18.1 Å². The van der Waals surface area contributed by atoms with Crippen molar-refractivity contribution in [2.45, 2.75) is 31.6 Å². The van der Waals surface area contributed by atoms with E-state index in [-0.39, 0.29) is 11.8 Å². The van der Waals surface area contributed by atoms with Gasteiger partial charge >= 0.3 is 0 Å². The number of imidazole rings is 1. The highest BCUT2D eigenvalue weighted by atomic mass is 16.5. The molecule has 0 saturated heterocycles. The summed E-state index contributed by atoms with van der Waals surface area (Å²) >= 11 is 0. The molecule has 0 unspecified atom stereocenters. The SMILES string of the molecule is COc1c(Nc2cc(NC(=O)C3CC3)nc3nc(C4CC4)[nH]c23)cccc1-c1ncn(C)n1. The first-order valence-corrected chi connectivity index (χ1v) is 11.1. The highest BCUT2D eigenvalue weighted by Crippen LogP contribution is 2.41. The standard InChI is InChI=1S/C23H24N8O2/c1-31-11-24-21(30-31)14-4-3-5-15(19(14)33-2)25-16-10-17(27-23(32)13-8-9-13)26-22-18(16)28-20(29-22)12-6-7-12/h3-5,10-13H,6-9H2,1-2H3,(H3,25,26,27,28,29,32). The molecule has 0 spiro atoms. The number of anilines is 3. The second kappa shape index (κ2) is 7.58. The first-order valence-electron chi connectivity index (χ1n) is 11.1. The van der Waals surface area contributed by atoms with Crippen LogP contribution in [0.2, 0.25) is 0 Å². The summed E-state index contributed by atoms with van der Waals surface area (Å²) in [4.78, 5) is 29.5. The fraction of sp³-hybridized carbons (Fsp3) is 0.348. The summed E-state index contributed by atoms with van der Waals surface area (Å²) < 4.78 is 7.40. The van der Waals surface area contributed by atoms with Crippen molar-refractivity contribution in [2.75, 3.05) is 17.7 Å². The van der Waals surface area contributed by atoms with Crippen LogP contribution in [0.3, 0.4) is 0 Å². The predicted molar refractivity (Wildman–Crippen MR) is 123 cm³/mol. The van der Waals surface area contributed by atoms with Gasteiger partial charge in [0.2, 0.25) is 5.91 Å². The lowest BCUT2D eigenvalue weighted by molar-refractivity contribution is -0.117. The van der Waals surface area contributed by atoms with Gasteiger partial charge in [0.1, 0.15) is 23.5 Å². The fourth-order valence-corrected chi connectivity index (χ4v) is 3.93. The number of pyridine rings is 1. The molecular weight excluding hydrogens is 420 g/mol. The maximum absolute atomic E-state index is 12.4. The molecule has 168 valence electrons. The van der Waals surface area contributed by atoms with Crippen LogP contribution in [-0.4, -0.2) is 42.7 Å². The topological polar surface area (TPSA) is 123 Å². The molecule has 1 aromatic carbocycles. The van der Waals surface area contributed by atoms with Gasteiger partial charge in [0.05, 0.1) is 24.0 Å². The molecule has 1 amide bonds. The van der Waals surface area contributed by atoms with E-state index in [1.807, 2.05) is 31.3 Å². The number of benzene rings is 1. The molecular formula is C23H24N8O2. The van der Waals surface area contributed by atoms with Gasteiger partial charge in [-0.05, 0) is 37.8 Å². The quantitative estimate of drug-likeness (QED) is 0.397. The second-order valence-corrected chi connectivity index (χ2v) is 8.67. The molecule has 0 radical (unpaired) electrons.